The molecule has 0 aromatic carbocycles. The molecule has 0 atom stereocenters. The quantitative estimate of drug-likeness (QED) is 0.683. The molecule has 14 heavy (non-hydrogen) atoms. The topological polar surface area (TPSA) is 56.5 Å². The van der Waals surface area contributed by atoms with Crippen LogP contribution in [0.2, 0.25) is 0 Å². The minimum atomic E-state index is 0.866. The normalized spacial score (nSPS) is 9.07. The predicted octanol–water partition coefficient (Wildman–Crippen LogP) is 1.39. The summed E-state index contributed by atoms with van der Waals surface area (Å²) in [7, 11) is 0. The maximum atomic E-state index is 4.12. The molecule has 0 radical (unpaired) electrons. The average molecular weight is 191 g/mol. The summed E-state index contributed by atoms with van der Waals surface area (Å²) in [5.41, 5.74) is 1.84. The van der Waals surface area contributed by atoms with Crippen LogP contribution in [0.5, 0.6) is 0 Å². The van der Waals surface area contributed by atoms with E-state index < -0.39 is 0 Å². The summed E-state index contributed by atoms with van der Waals surface area (Å²) in [6.07, 6.45) is 3.26. The van der Waals surface area contributed by atoms with Crippen molar-refractivity contribution < 1.29 is 0 Å². The number of nitrogens with zero attached hydrogens (tertiary/aromatic N) is 5. The molecule has 5 nitrogen and oxygen atoms in total. The number of rotatable bonds is 1. The molecule has 2 rings (SSSR count). The molecule has 2 aromatic rings. The molecule has 0 aliphatic rings. The summed E-state index contributed by atoms with van der Waals surface area (Å²) in [5.74, 6) is 0. The molecule has 2 aromatic heterocycles. The van der Waals surface area contributed by atoms with Crippen molar-refractivity contribution in [2.45, 2.75) is 20.8 Å². The van der Waals surface area contributed by atoms with Gasteiger partial charge >= 0.3 is 0 Å². The lowest BCUT2D eigenvalue weighted by Gasteiger charge is -1.97. The van der Waals surface area contributed by atoms with Crippen LogP contribution in [0.3, 0.4) is 0 Å². The number of pyridine rings is 1. The summed E-state index contributed by atoms with van der Waals surface area (Å²) in [6.45, 7) is 5.93. The molecular weight excluding hydrogens is 178 g/mol. The van der Waals surface area contributed by atoms with E-state index >= 15 is 0 Å². The van der Waals surface area contributed by atoms with Crippen molar-refractivity contribution in [3.8, 4) is 5.69 Å². The van der Waals surface area contributed by atoms with Crippen molar-refractivity contribution in [3.05, 3.63) is 30.4 Å². The largest absolute Gasteiger partial charge is 0.259 e. The first kappa shape index (κ1) is 10.3. The molecule has 0 aliphatic carbocycles. The van der Waals surface area contributed by atoms with Gasteiger partial charge in [0.25, 0.3) is 0 Å². The highest BCUT2D eigenvalue weighted by Crippen LogP contribution is 2.02. The molecule has 0 aliphatic heterocycles. The summed E-state index contributed by atoms with van der Waals surface area (Å²) in [5, 5.41) is 10.8. The standard InChI is InChI=1S/C7H7N5.C2H6/c1-6-2-3-7(4-8-6)12-5-9-10-11-12;1-2/h2-5H,1H3;1-2H3. The molecule has 0 bridgehead atoms. The van der Waals surface area contributed by atoms with Gasteiger partial charge in [0, 0.05) is 5.69 Å². The summed E-state index contributed by atoms with van der Waals surface area (Å²) < 4.78 is 1.56. The van der Waals surface area contributed by atoms with E-state index in [9.17, 15) is 0 Å². The first-order valence-corrected chi connectivity index (χ1v) is 4.52. The van der Waals surface area contributed by atoms with Gasteiger partial charge in [0.2, 0.25) is 0 Å². The average Bonchev–Trinajstić information content (AvgIpc) is 2.75. The maximum Gasteiger partial charge on any atom is 0.143 e. The third kappa shape index (κ3) is 2.35. The number of tetrazole rings is 1. The van der Waals surface area contributed by atoms with Crippen LogP contribution in [-0.4, -0.2) is 25.2 Å². The van der Waals surface area contributed by atoms with Gasteiger partial charge in [0.1, 0.15) is 6.33 Å². The van der Waals surface area contributed by atoms with E-state index in [4.69, 9.17) is 0 Å². The summed E-state index contributed by atoms with van der Waals surface area (Å²) >= 11 is 0. The van der Waals surface area contributed by atoms with Gasteiger partial charge in [-0.2, -0.15) is 4.68 Å². The summed E-state index contributed by atoms with van der Waals surface area (Å²) in [4.78, 5) is 4.12. The second kappa shape index (κ2) is 5.06. The third-order valence-electron chi connectivity index (χ3n) is 1.51. The number of hydrogen-bond donors (Lipinski definition) is 0. The molecule has 0 N–H and O–H groups in total. The van der Waals surface area contributed by atoms with Crippen LogP contribution in [-0.2, 0) is 0 Å². The lowest BCUT2D eigenvalue weighted by molar-refractivity contribution is 0.785. The van der Waals surface area contributed by atoms with Crippen molar-refractivity contribution in [1.82, 2.24) is 25.2 Å². The Morgan fingerprint density at radius 2 is 2.00 bits per heavy atom. The van der Waals surface area contributed by atoms with E-state index in [2.05, 4.69) is 20.5 Å². The van der Waals surface area contributed by atoms with Crippen molar-refractivity contribution in [1.29, 1.82) is 0 Å². The van der Waals surface area contributed by atoms with Crippen molar-refractivity contribution >= 4 is 0 Å². The second-order valence-corrected chi connectivity index (χ2v) is 2.41. The molecule has 5 heteroatoms. The molecule has 0 amide bonds. The summed E-state index contributed by atoms with van der Waals surface area (Å²) in [6, 6.07) is 3.83. The molecule has 2 heterocycles. The highest BCUT2D eigenvalue weighted by atomic mass is 15.5. The van der Waals surface area contributed by atoms with E-state index in [0.717, 1.165) is 11.4 Å². The minimum absolute atomic E-state index is 0.866. The molecule has 0 unspecified atom stereocenters. The van der Waals surface area contributed by atoms with Crippen molar-refractivity contribution in [3.63, 3.8) is 0 Å². The van der Waals surface area contributed by atoms with Gasteiger partial charge in [-0.1, -0.05) is 13.8 Å². The van der Waals surface area contributed by atoms with Crippen molar-refractivity contribution in [2.24, 2.45) is 0 Å². The van der Waals surface area contributed by atoms with E-state index in [1.54, 1.807) is 10.9 Å². The van der Waals surface area contributed by atoms with Gasteiger partial charge < -0.3 is 0 Å². The second-order valence-electron chi connectivity index (χ2n) is 2.41. The van der Waals surface area contributed by atoms with E-state index in [1.165, 1.54) is 6.33 Å². The lowest BCUT2D eigenvalue weighted by Crippen LogP contribution is -1.95. The Labute approximate surface area is 82.8 Å². The zero-order valence-electron chi connectivity index (χ0n) is 8.55. The maximum absolute atomic E-state index is 4.12. The van der Waals surface area contributed by atoms with E-state index in [0.29, 0.717) is 0 Å². The Bertz CT molecular complexity index is 351. The van der Waals surface area contributed by atoms with Crippen LogP contribution >= 0.6 is 0 Å². The van der Waals surface area contributed by atoms with Gasteiger partial charge in [-0.25, -0.2) is 0 Å². The van der Waals surface area contributed by atoms with Gasteiger partial charge in [0.15, 0.2) is 0 Å². The lowest BCUT2D eigenvalue weighted by atomic mass is 10.3. The Morgan fingerprint density at radius 3 is 2.50 bits per heavy atom. The smallest absolute Gasteiger partial charge is 0.143 e. The van der Waals surface area contributed by atoms with Crippen LogP contribution in [0, 0.1) is 6.92 Å². The fraction of sp³-hybridized carbons (Fsp3) is 0.333. The molecule has 0 spiro atoms. The third-order valence-corrected chi connectivity index (χ3v) is 1.51. The van der Waals surface area contributed by atoms with E-state index in [1.807, 2.05) is 32.9 Å². The molecule has 0 saturated carbocycles. The van der Waals surface area contributed by atoms with Gasteiger partial charge in [-0.15, -0.1) is 5.10 Å². The highest BCUT2D eigenvalue weighted by molar-refractivity contribution is 5.26. The van der Waals surface area contributed by atoms with Crippen LogP contribution in [0.15, 0.2) is 24.7 Å². The fourth-order valence-corrected chi connectivity index (χ4v) is 0.875. The Hall–Kier alpha value is -1.78. The first-order chi connectivity index (χ1) is 6.86. The van der Waals surface area contributed by atoms with Crippen LogP contribution in [0.4, 0.5) is 0 Å². The highest BCUT2D eigenvalue weighted by Gasteiger charge is 1.95. The zero-order chi connectivity index (χ0) is 10.4. The SMILES string of the molecule is CC.Cc1ccc(-n2cnnn2)cn1. The van der Waals surface area contributed by atoms with Crippen LogP contribution in [0.1, 0.15) is 19.5 Å². The van der Waals surface area contributed by atoms with Crippen LogP contribution < -0.4 is 0 Å². The minimum Gasteiger partial charge on any atom is -0.259 e. The zero-order valence-corrected chi connectivity index (χ0v) is 8.55. The van der Waals surface area contributed by atoms with Gasteiger partial charge in [-0.3, -0.25) is 4.98 Å². The molecule has 74 valence electrons. The molecule has 0 fully saturated rings. The van der Waals surface area contributed by atoms with Crippen molar-refractivity contribution in [2.75, 3.05) is 0 Å². The number of aryl methyl sites for hydroxylation is 1. The fourth-order valence-electron chi connectivity index (χ4n) is 0.875. The predicted molar refractivity (Wildman–Crippen MR) is 53.0 cm³/mol. The first-order valence-electron chi connectivity index (χ1n) is 4.52. The Morgan fingerprint density at radius 1 is 1.21 bits per heavy atom. The van der Waals surface area contributed by atoms with Crippen LogP contribution in [0.25, 0.3) is 5.69 Å². The van der Waals surface area contributed by atoms with Gasteiger partial charge in [0.05, 0.1) is 11.9 Å². The number of aromatic nitrogens is 5. The monoisotopic (exact) mass is 191 g/mol. The van der Waals surface area contributed by atoms with Gasteiger partial charge in [-0.05, 0) is 29.5 Å². The number of hydrogen-bond acceptors (Lipinski definition) is 4. The molecule has 0 saturated heterocycles. The molecular formula is C9H13N5. The Balaban J connectivity index is 0.000000461. The Kier molecular flexibility index (Phi) is 3.72. The van der Waals surface area contributed by atoms with E-state index in [-0.39, 0.29) is 0 Å².